The van der Waals surface area contributed by atoms with Gasteiger partial charge in [0.05, 0.1) is 7.11 Å². The largest absolute Gasteiger partial charge is 0.496 e. The van der Waals surface area contributed by atoms with Crippen LogP contribution in [0.2, 0.25) is 0 Å². The molecule has 0 atom stereocenters. The van der Waals surface area contributed by atoms with E-state index in [1.165, 1.54) is 0 Å². The minimum Gasteiger partial charge on any atom is -0.496 e. The zero-order valence-electron chi connectivity index (χ0n) is 10.6. The van der Waals surface area contributed by atoms with E-state index in [0.29, 0.717) is 19.6 Å². The Bertz CT molecular complexity index is 410. The van der Waals surface area contributed by atoms with E-state index in [1.807, 2.05) is 26.0 Å². The van der Waals surface area contributed by atoms with Crippen molar-refractivity contribution in [2.45, 2.75) is 25.8 Å². The van der Waals surface area contributed by atoms with Crippen molar-refractivity contribution < 1.29 is 14.2 Å². The van der Waals surface area contributed by atoms with Crippen molar-refractivity contribution in [3.8, 4) is 17.2 Å². The van der Waals surface area contributed by atoms with Crippen LogP contribution in [0.4, 0.5) is 0 Å². The maximum absolute atomic E-state index is 6.07. The van der Waals surface area contributed by atoms with Crippen molar-refractivity contribution in [1.82, 2.24) is 0 Å². The van der Waals surface area contributed by atoms with Crippen LogP contribution in [0.3, 0.4) is 0 Å². The van der Waals surface area contributed by atoms with Gasteiger partial charge in [0.1, 0.15) is 19.0 Å². The second-order valence-electron chi connectivity index (χ2n) is 4.94. The lowest BCUT2D eigenvalue weighted by atomic mass is 9.94. The molecule has 0 bridgehead atoms. The molecule has 0 aromatic heterocycles. The van der Waals surface area contributed by atoms with Crippen LogP contribution in [0.15, 0.2) is 12.1 Å². The Balaban J connectivity index is 2.45. The summed E-state index contributed by atoms with van der Waals surface area (Å²) in [4.78, 5) is 0. The molecular weight excluding hydrogens is 218 g/mol. The normalized spacial score (nSPS) is 14.6. The molecule has 0 spiro atoms. The smallest absolute Gasteiger partial charge is 0.168 e. The molecule has 4 nitrogen and oxygen atoms in total. The second-order valence-corrected chi connectivity index (χ2v) is 4.94. The number of rotatable bonds is 3. The molecule has 0 radical (unpaired) electrons. The fourth-order valence-electron chi connectivity index (χ4n) is 1.97. The zero-order valence-corrected chi connectivity index (χ0v) is 10.6. The Hall–Kier alpha value is -1.42. The van der Waals surface area contributed by atoms with Crippen molar-refractivity contribution in [1.29, 1.82) is 0 Å². The van der Waals surface area contributed by atoms with E-state index < -0.39 is 0 Å². The van der Waals surface area contributed by atoms with Crippen molar-refractivity contribution in [3.05, 3.63) is 17.7 Å². The first-order chi connectivity index (χ1) is 8.01. The summed E-state index contributed by atoms with van der Waals surface area (Å²) >= 11 is 0. The first-order valence-corrected chi connectivity index (χ1v) is 5.75. The van der Waals surface area contributed by atoms with E-state index in [4.69, 9.17) is 19.9 Å². The summed E-state index contributed by atoms with van der Waals surface area (Å²) in [7, 11) is 1.65. The molecule has 1 aliphatic heterocycles. The van der Waals surface area contributed by atoms with Gasteiger partial charge in [-0.25, -0.2) is 0 Å². The van der Waals surface area contributed by atoms with Gasteiger partial charge in [-0.2, -0.15) is 0 Å². The molecule has 0 amide bonds. The summed E-state index contributed by atoms with van der Waals surface area (Å²) in [5.74, 6) is 2.35. The minimum atomic E-state index is -0.316. The molecule has 0 unspecified atom stereocenters. The Morgan fingerprint density at radius 3 is 2.65 bits per heavy atom. The molecule has 1 aliphatic rings. The van der Waals surface area contributed by atoms with E-state index >= 15 is 0 Å². The second kappa shape index (κ2) is 4.45. The van der Waals surface area contributed by atoms with E-state index in [-0.39, 0.29) is 5.54 Å². The van der Waals surface area contributed by atoms with Crippen LogP contribution >= 0.6 is 0 Å². The Kier molecular flexibility index (Phi) is 3.15. The number of ether oxygens (including phenoxy) is 3. The number of fused-ring (bicyclic) bond motifs is 1. The van der Waals surface area contributed by atoms with Crippen LogP contribution in [0, 0.1) is 0 Å². The number of methoxy groups -OCH3 is 1. The Morgan fingerprint density at radius 2 is 2.00 bits per heavy atom. The van der Waals surface area contributed by atoms with Crippen LogP contribution in [0.25, 0.3) is 0 Å². The highest BCUT2D eigenvalue weighted by atomic mass is 16.6. The van der Waals surface area contributed by atoms with Gasteiger partial charge in [0.15, 0.2) is 11.5 Å². The average molecular weight is 237 g/mol. The highest BCUT2D eigenvalue weighted by Gasteiger charge is 2.24. The van der Waals surface area contributed by atoms with E-state index in [9.17, 15) is 0 Å². The molecule has 1 heterocycles. The van der Waals surface area contributed by atoms with Crippen LogP contribution in [-0.4, -0.2) is 25.9 Å². The molecule has 1 aromatic carbocycles. The molecular formula is C13H19NO3. The third-order valence-electron chi connectivity index (χ3n) is 2.62. The lowest BCUT2D eigenvalue weighted by Crippen LogP contribution is -2.35. The summed E-state index contributed by atoms with van der Waals surface area (Å²) in [6.45, 7) is 5.12. The summed E-state index contributed by atoms with van der Waals surface area (Å²) in [5, 5.41) is 0. The fourth-order valence-corrected chi connectivity index (χ4v) is 1.97. The molecule has 2 rings (SSSR count). The Labute approximate surface area is 102 Å². The summed E-state index contributed by atoms with van der Waals surface area (Å²) < 4.78 is 16.6. The standard InChI is InChI=1S/C13H19NO3/c1-13(2,14)8-9-10(15-3)4-5-11-12(9)17-7-6-16-11/h4-5H,6-8,14H2,1-3H3. The molecule has 1 aromatic rings. The SMILES string of the molecule is COc1ccc2c(c1CC(C)(C)N)OCCO2. The van der Waals surface area contributed by atoms with E-state index in [1.54, 1.807) is 7.11 Å². The first-order valence-electron chi connectivity index (χ1n) is 5.75. The Morgan fingerprint density at radius 1 is 1.29 bits per heavy atom. The van der Waals surface area contributed by atoms with E-state index in [2.05, 4.69) is 0 Å². The van der Waals surface area contributed by atoms with Gasteiger partial charge in [0.2, 0.25) is 0 Å². The van der Waals surface area contributed by atoms with E-state index in [0.717, 1.165) is 22.8 Å². The number of benzene rings is 1. The molecule has 94 valence electrons. The minimum absolute atomic E-state index is 0.316. The molecule has 0 saturated heterocycles. The van der Waals surface area contributed by atoms with Crippen molar-refractivity contribution in [2.24, 2.45) is 5.73 Å². The lowest BCUT2D eigenvalue weighted by molar-refractivity contribution is 0.168. The fraction of sp³-hybridized carbons (Fsp3) is 0.538. The predicted molar refractivity (Wildman–Crippen MR) is 66.0 cm³/mol. The highest BCUT2D eigenvalue weighted by molar-refractivity contribution is 5.55. The molecule has 0 aliphatic carbocycles. The quantitative estimate of drug-likeness (QED) is 0.870. The van der Waals surface area contributed by atoms with Crippen molar-refractivity contribution in [3.63, 3.8) is 0 Å². The summed E-state index contributed by atoms with van der Waals surface area (Å²) in [5.41, 5.74) is 6.74. The number of hydrogen-bond donors (Lipinski definition) is 1. The maximum atomic E-state index is 6.07. The van der Waals surface area contributed by atoms with Gasteiger partial charge in [-0.05, 0) is 32.4 Å². The molecule has 17 heavy (non-hydrogen) atoms. The van der Waals surface area contributed by atoms with Crippen LogP contribution in [0.5, 0.6) is 17.2 Å². The zero-order chi connectivity index (χ0) is 12.5. The third-order valence-corrected chi connectivity index (χ3v) is 2.62. The summed E-state index contributed by atoms with van der Waals surface area (Å²) in [6.07, 6.45) is 0.683. The van der Waals surface area contributed by atoms with Crippen LogP contribution in [0.1, 0.15) is 19.4 Å². The average Bonchev–Trinajstić information content (AvgIpc) is 2.28. The van der Waals surface area contributed by atoms with Crippen molar-refractivity contribution in [2.75, 3.05) is 20.3 Å². The molecule has 0 saturated carbocycles. The lowest BCUT2D eigenvalue weighted by Gasteiger charge is -2.26. The molecule has 2 N–H and O–H groups in total. The van der Waals surface area contributed by atoms with Crippen molar-refractivity contribution >= 4 is 0 Å². The summed E-state index contributed by atoms with van der Waals surface area (Å²) in [6, 6.07) is 3.77. The van der Waals surface area contributed by atoms with Gasteiger partial charge < -0.3 is 19.9 Å². The van der Waals surface area contributed by atoms with Crippen LogP contribution < -0.4 is 19.9 Å². The van der Waals surface area contributed by atoms with Gasteiger partial charge in [-0.3, -0.25) is 0 Å². The number of nitrogens with two attached hydrogens (primary N) is 1. The molecule has 0 fully saturated rings. The monoisotopic (exact) mass is 237 g/mol. The van der Waals surface area contributed by atoms with Gasteiger partial charge in [-0.1, -0.05) is 0 Å². The van der Waals surface area contributed by atoms with Gasteiger partial charge in [0.25, 0.3) is 0 Å². The predicted octanol–water partition coefficient (Wildman–Crippen LogP) is 1.75. The van der Waals surface area contributed by atoms with Gasteiger partial charge >= 0.3 is 0 Å². The maximum Gasteiger partial charge on any atom is 0.168 e. The first kappa shape index (κ1) is 12.0. The van der Waals surface area contributed by atoms with Gasteiger partial charge in [0, 0.05) is 11.1 Å². The topological polar surface area (TPSA) is 53.7 Å². The molecule has 4 heteroatoms. The van der Waals surface area contributed by atoms with Gasteiger partial charge in [-0.15, -0.1) is 0 Å². The highest BCUT2D eigenvalue weighted by Crippen LogP contribution is 2.40. The number of hydrogen-bond acceptors (Lipinski definition) is 4. The van der Waals surface area contributed by atoms with Crippen LogP contribution in [-0.2, 0) is 6.42 Å². The third kappa shape index (κ3) is 2.64.